The monoisotopic (exact) mass is 367 g/mol. The van der Waals surface area contributed by atoms with Crippen molar-refractivity contribution in [3.05, 3.63) is 35.0 Å². The minimum absolute atomic E-state index is 0.0650. The number of aromatic nitrogens is 4. The lowest BCUT2D eigenvalue weighted by Gasteiger charge is -2.22. The SMILES string of the molecule is CC.Cc1ccc2nc(-c3n[nH]c(C)c3C(=O)NC3CCCCC3)[nH]c2c1. The number of amides is 1. The van der Waals surface area contributed by atoms with Gasteiger partial charge in [0.1, 0.15) is 5.69 Å². The second-order valence-electron chi connectivity index (χ2n) is 6.99. The average Bonchev–Trinajstić information content (AvgIpc) is 3.27. The normalized spacial score (nSPS) is 14.7. The molecule has 0 aliphatic heterocycles. The van der Waals surface area contributed by atoms with Crippen molar-refractivity contribution in [3.63, 3.8) is 0 Å². The zero-order valence-electron chi connectivity index (χ0n) is 16.6. The minimum atomic E-state index is -0.0650. The Morgan fingerprint density at radius 2 is 1.89 bits per heavy atom. The van der Waals surface area contributed by atoms with Gasteiger partial charge in [-0.15, -0.1) is 0 Å². The highest BCUT2D eigenvalue weighted by atomic mass is 16.1. The smallest absolute Gasteiger partial charge is 0.255 e. The summed E-state index contributed by atoms with van der Waals surface area (Å²) in [5.74, 6) is 0.559. The van der Waals surface area contributed by atoms with E-state index in [1.807, 2.05) is 45.9 Å². The summed E-state index contributed by atoms with van der Waals surface area (Å²) in [5.41, 5.74) is 4.92. The number of rotatable bonds is 3. The molecular formula is C21H29N5O. The number of nitrogens with zero attached hydrogens (tertiary/aromatic N) is 2. The van der Waals surface area contributed by atoms with Crippen LogP contribution in [0.3, 0.4) is 0 Å². The van der Waals surface area contributed by atoms with Gasteiger partial charge in [0.05, 0.1) is 16.6 Å². The molecule has 0 bridgehead atoms. The molecule has 0 radical (unpaired) electrons. The van der Waals surface area contributed by atoms with E-state index in [4.69, 9.17) is 0 Å². The van der Waals surface area contributed by atoms with Crippen LogP contribution in [-0.4, -0.2) is 32.1 Å². The highest BCUT2D eigenvalue weighted by Gasteiger charge is 2.24. The van der Waals surface area contributed by atoms with Crippen LogP contribution >= 0.6 is 0 Å². The van der Waals surface area contributed by atoms with Crippen LogP contribution in [0, 0.1) is 13.8 Å². The first-order chi connectivity index (χ1) is 13.1. The molecule has 0 saturated heterocycles. The molecular weight excluding hydrogens is 338 g/mol. The van der Waals surface area contributed by atoms with Crippen LogP contribution in [0.4, 0.5) is 0 Å². The summed E-state index contributed by atoms with van der Waals surface area (Å²) >= 11 is 0. The summed E-state index contributed by atoms with van der Waals surface area (Å²) in [6, 6.07) is 6.32. The molecule has 0 spiro atoms. The highest BCUT2D eigenvalue weighted by molar-refractivity contribution is 6.01. The maximum atomic E-state index is 12.8. The molecule has 27 heavy (non-hydrogen) atoms. The van der Waals surface area contributed by atoms with E-state index >= 15 is 0 Å². The number of aromatic amines is 2. The van der Waals surface area contributed by atoms with Gasteiger partial charge in [0.2, 0.25) is 0 Å². The van der Waals surface area contributed by atoms with E-state index in [0.717, 1.165) is 35.1 Å². The number of fused-ring (bicyclic) bond motifs is 1. The Morgan fingerprint density at radius 3 is 2.63 bits per heavy atom. The van der Waals surface area contributed by atoms with E-state index in [0.29, 0.717) is 17.1 Å². The molecule has 2 aromatic heterocycles. The van der Waals surface area contributed by atoms with E-state index in [1.54, 1.807) is 0 Å². The van der Waals surface area contributed by atoms with Crippen LogP contribution < -0.4 is 5.32 Å². The Morgan fingerprint density at radius 1 is 1.15 bits per heavy atom. The minimum Gasteiger partial charge on any atom is -0.349 e. The van der Waals surface area contributed by atoms with Crippen molar-refractivity contribution in [3.8, 4) is 11.5 Å². The van der Waals surface area contributed by atoms with Crippen LogP contribution in [0.2, 0.25) is 0 Å². The van der Waals surface area contributed by atoms with E-state index in [-0.39, 0.29) is 11.9 Å². The van der Waals surface area contributed by atoms with Crippen molar-refractivity contribution in [2.24, 2.45) is 0 Å². The Bertz CT molecular complexity index is 918. The number of H-pyrrole nitrogens is 2. The van der Waals surface area contributed by atoms with Gasteiger partial charge in [-0.25, -0.2) is 4.98 Å². The molecule has 1 aliphatic carbocycles. The third kappa shape index (κ3) is 4.04. The molecule has 1 aromatic carbocycles. The lowest BCUT2D eigenvalue weighted by Crippen LogP contribution is -2.36. The van der Waals surface area contributed by atoms with E-state index in [9.17, 15) is 4.79 Å². The predicted octanol–water partition coefficient (Wildman–Crippen LogP) is 4.66. The number of imidazole rings is 1. The molecule has 4 rings (SSSR count). The van der Waals surface area contributed by atoms with Gasteiger partial charge in [0.15, 0.2) is 5.82 Å². The van der Waals surface area contributed by atoms with Crippen LogP contribution in [0.15, 0.2) is 18.2 Å². The van der Waals surface area contributed by atoms with Crippen LogP contribution in [0.25, 0.3) is 22.6 Å². The van der Waals surface area contributed by atoms with Crippen molar-refractivity contribution in [1.29, 1.82) is 0 Å². The fourth-order valence-electron chi connectivity index (χ4n) is 3.62. The number of aryl methyl sites for hydroxylation is 2. The maximum Gasteiger partial charge on any atom is 0.255 e. The Labute approximate surface area is 160 Å². The van der Waals surface area contributed by atoms with Gasteiger partial charge >= 0.3 is 0 Å². The summed E-state index contributed by atoms with van der Waals surface area (Å²) in [4.78, 5) is 20.7. The summed E-state index contributed by atoms with van der Waals surface area (Å²) in [6.07, 6.45) is 5.75. The molecule has 6 nitrogen and oxygen atoms in total. The maximum absolute atomic E-state index is 12.8. The van der Waals surface area contributed by atoms with Crippen molar-refractivity contribution < 1.29 is 4.79 Å². The number of carbonyl (C=O) groups excluding carboxylic acids is 1. The zero-order valence-corrected chi connectivity index (χ0v) is 16.6. The standard InChI is InChI=1S/C19H23N5O.C2H6/c1-11-8-9-14-15(10-11)22-18(21-14)17-16(12(2)23-24-17)19(25)20-13-6-4-3-5-7-13;1-2/h8-10,13H,3-7H2,1-2H3,(H,20,25)(H,21,22)(H,23,24);1-2H3. The number of benzene rings is 1. The van der Waals surface area contributed by atoms with Gasteiger partial charge < -0.3 is 10.3 Å². The van der Waals surface area contributed by atoms with Crippen LogP contribution in [0.1, 0.15) is 67.6 Å². The third-order valence-corrected chi connectivity index (χ3v) is 4.98. The molecule has 1 aliphatic rings. The number of hydrogen-bond donors (Lipinski definition) is 3. The Balaban J connectivity index is 0.00000102. The van der Waals surface area contributed by atoms with Gasteiger partial charge in [0, 0.05) is 11.7 Å². The first-order valence-electron chi connectivity index (χ1n) is 9.94. The number of nitrogens with one attached hydrogen (secondary N) is 3. The molecule has 0 atom stereocenters. The Kier molecular flexibility index (Phi) is 5.94. The molecule has 1 fully saturated rings. The summed E-state index contributed by atoms with van der Waals surface area (Å²) in [6.45, 7) is 7.92. The molecule has 6 heteroatoms. The van der Waals surface area contributed by atoms with Gasteiger partial charge in [-0.05, 0) is 44.4 Å². The van der Waals surface area contributed by atoms with Gasteiger partial charge in [0.25, 0.3) is 5.91 Å². The quantitative estimate of drug-likeness (QED) is 0.629. The second-order valence-corrected chi connectivity index (χ2v) is 6.99. The molecule has 1 saturated carbocycles. The molecule has 3 aromatic rings. The lowest BCUT2D eigenvalue weighted by molar-refractivity contribution is 0.0928. The first kappa shape index (κ1) is 19.1. The first-order valence-corrected chi connectivity index (χ1v) is 9.94. The van der Waals surface area contributed by atoms with Gasteiger partial charge in [-0.2, -0.15) is 5.10 Å². The fourth-order valence-corrected chi connectivity index (χ4v) is 3.62. The fraction of sp³-hybridized carbons (Fsp3) is 0.476. The van der Waals surface area contributed by atoms with E-state index in [2.05, 4.69) is 25.5 Å². The summed E-state index contributed by atoms with van der Waals surface area (Å²) in [7, 11) is 0. The predicted molar refractivity (Wildman–Crippen MR) is 109 cm³/mol. The second kappa shape index (κ2) is 8.37. The van der Waals surface area contributed by atoms with Crippen molar-refractivity contribution in [2.45, 2.75) is 65.8 Å². The van der Waals surface area contributed by atoms with E-state index < -0.39 is 0 Å². The molecule has 2 heterocycles. The van der Waals surface area contributed by atoms with Crippen molar-refractivity contribution >= 4 is 16.9 Å². The third-order valence-electron chi connectivity index (χ3n) is 4.98. The molecule has 1 amide bonds. The van der Waals surface area contributed by atoms with E-state index in [1.165, 1.54) is 19.3 Å². The molecule has 144 valence electrons. The van der Waals surface area contributed by atoms with Crippen LogP contribution in [0.5, 0.6) is 0 Å². The average molecular weight is 367 g/mol. The van der Waals surface area contributed by atoms with Crippen molar-refractivity contribution in [1.82, 2.24) is 25.5 Å². The lowest BCUT2D eigenvalue weighted by atomic mass is 9.95. The number of carbonyl (C=O) groups is 1. The summed E-state index contributed by atoms with van der Waals surface area (Å²) < 4.78 is 0. The summed E-state index contributed by atoms with van der Waals surface area (Å²) in [5, 5.41) is 10.5. The van der Waals surface area contributed by atoms with Crippen LogP contribution in [-0.2, 0) is 0 Å². The van der Waals surface area contributed by atoms with Gasteiger partial charge in [-0.1, -0.05) is 39.2 Å². The molecule has 0 unspecified atom stereocenters. The highest BCUT2D eigenvalue weighted by Crippen LogP contribution is 2.25. The topological polar surface area (TPSA) is 86.5 Å². The zero-order chi connectivity index (χ0) is 19.4. The Hall–Kier alpha value is -2.63. The van der Waals surface area contributed by atoms with Gasteiger partial charge in [-0.3, -0.25) is 9.89 Å². The molecule has 3 N–H and O–H groups in total. The van der Waals surface area contributed by atoms with Crippen molar-refractivity contribution in [2.75, 3.05) is 0 Å². The number of hydrogen-bond acceptors (Lipinski definition) is 3. The largest absolute Gasteiger partial charge is 0.349 e.